The van der Waals surface area contributed by atoms with E-state index in [9.17, 15) is 9.18 Å². The number of nitrogens with one attached hydrogen (secondary N) is 1. The van der Waals surface area contributed by atoms with Crippen molar-refractivity contribution in [1.29, 1.82) is 0 Å². The van der Waals surface area contributed by atoms with Crippen molar-refractivity contribution in [2.75, 3.05) is 13.1 Å². The molecule has 2 heterocycles. The number of halogens is 1. The van der Waals surface area contributed by atoms with Crippen molar-refractivity contribution in [2.24, 2.45) is 17.6 Å². The van der Waals surface area contributed by atoms with Gasteiger partial charge in [-0.3, -0.25) is 4.79 Å². The molecule has 0 spiro atoms. The lowest BCUT2D eigenvalue weighted by Crippen LogP contribution is -2.33. The van der Waals surface area contributed by atoms with Crippen molar-refractivity contribution < 1.29 is 9.18 Å². The summed E-state index contributed by atoms with van der Waals surface area (Å²) in [6.07, 6.45) is 2.19. The number of fused-ring (bicyclic) bond motifs is 2. The highest BCUT2D eigenvalue weighted by Crippen LogP contribution is 2.37. The van der Waals surface area contributed by atoms with Crippen molar-refractivity contribution in [3.63, 3.8) is 0 Å². The van der Waals surface area contributed by atoms with Crippen LogP contribution in [0.4, 0.5) is 4.39 Å². The Kier molecular flexibility index (Phi) is 3.01. The molecule has 116 valence electrons. The molecule has 22 heavy (non-hydrogen) atoms. The van der Waals surface area contributed by atoms with Crippen LogP contribution in [0.5, 0.6) is 0 Å². The summed E-state index contributed by atoms with van der Waals surface area (Å²) in [5, 5.41) is 0.904. The van der Waals surface area contributed by atoms with Crippen molar-refractivity contribution in [3.05, 3.63) is 35.3 Å². The Balaban J connectivity index is 1.62. The zero-order valence-electron chi connectivity index (χ0n) is 12.6. The van der Waals surface area contributed by atoms with Gasteiger partial charge in [-0.1, -0.05) is 0 Å². The number of carbonyl (C=O) groups excluding carboxylic acids is 1. The molecule has 3 N–H and O–H groups in total. The molecule has 1 aromatic heterocycles. The summed E-state index contributed by atoms with van der Waals surface area (Å²) in [7, 11) is 0. The molecule has 2 aliphatic rings. The first kappa shape index (κ1) is 13.8. The van der Waals surface area contributed by atoms with Gasteiger partial charge in [-0.2, -0.15) is 0 Å². The van der Waals surface area contributed by atoms with Gasteiger partial charge in [-0.25, -0.2) is 4.39 Å². The van der Waals surface area contributed by atoms with E-state index in [1.54, 1.807) is 0 Å². The van der Waals surface area contributed by atoms with Crippen molar-refractivity contribution in [1.82, 2.24) is 9.88 Å². The van der Waals surface area contributed by atoms with E-state index in [2.05, 4.69) is 4.98 Å². The molecule has 2 aromatic rings. The van der Waals surface area contributed by atoms with Gasteiger partial charge in [0, 0.05) is 30.0 Å². The maximum Gasteiger partial charge on any atom is 0.270 e. The third-order valence-electron chi connectivity index (χ3n) is 5.34. The first-order chi connectivity index (χ1) is 10.5. The molecule has 0 bridgehead atoms. The number of H-pyrrole nitrogens is 1. The van der Waals surface area contributed by atoms with Crippen LogP contribution in [0.3, 0.4) is 0 Å². The van der Waals surface area contributed by atoms with E-state index in [0.29, 0.717) is 23.0 Å². The summed E-state index contributed by atoms with van der Waals surface area (Å²) in [6.45, 7) is 3.39. The topological polar surface area (TPSA) is 62.1 Å². The van der Waals surface area contributed by atoms with Gasteiger partial charge in [0.15, 0.2) is 0 Å². The predicted octanol–water partition coefficient (Wildman–Crippen LogP) is 2.42. The molecule has 3 unspecified atom stereocenters. The molecule has 1 saturated heterocycles. The predicted molar refractivity (Wildman–Crippen MR) is 83.1 cm³/mol. The molecule has 1 aromatic carbocycles. The van der Waals surface area contributed by atoms with Gasteiger partial charge >= 0.3 is 0 Å². The third-order valence-corrected chi connectivity index (χ3v) is 5.34. The molecular formula is C17H20FN3O. The highest BCUT2D eigenvalue weighted by atomic mass is 19.1. The van der Waals surface area contributed by atoms with Crippen LogP contribution < -0.4 is 5.73 Å². The number of carbonyl (C=O) groups is 1. The van der Waals surface area contributed by atoms with Crippen LogP contribution in [-0.4, -0.2) is 34.9 Å². The second-order valence-corrected chi connectivity index (χ2v) is 6.74. The quantitative estimate of drug-likeness (QED) is 0.850. The molecule has 1 aliphatic carbocycles. The van der Waals surface area contributed by atoms with Crippen molar-refractivity contribution in [3.8, 4) is 0 Å². The standard InChI is InChI=1S/C17H20FN3O/c1-9-4-11(18)5-15-12(9)6-16(20-15)17(22)21-7-10-2-3-14(19)13(10)8-21/h4-6,10,13-14,20H,2-3,7-8,19H2,1H3. The molecule has 1 aliphatic heterocycles. The van der Waals surface area contributed by atoms with Crippen LogP contribution in [0.15, 0.2) is 18.2 Å². The van der Waals surface area contributed by atoms with E-state index in [1.165, 1.54) is 12.1 Å². The van der Waals surface area contributed by atoms with E-state index in [-0.39, 0.29) is 17.8 Å². The lowest BCUT2D eigenvalue weighted by molar-refractivity contribution is 0.0774. The molecule has 1 amide bonds. The van der Waals surface area contributed by atoms with Gasteiger partial charge in [0.05, 0.1) is 0 Å². The minimum atomic E-state index is -0.285. The van der Waals surface area contributed by atoms with E-state index < -0.39 is 0 Å². The fourth-order valence-electron chi connectivity index (χ4n) is 4.13. The number of benzene rings is 1. The first-order valence-electron chi connectivity index (χ1n) is 7.86. The Hall–Kier alpha value is -1.88. The van der Waals surface area contributed by atoms with Gasteiger partial charge in [-0.05, 0) is 55.4 Å². The number of amides is 1. The smallest absolute Gasteiger partial charge is 0.270 e. The number of aryl methyl sites for hydroxylation is 1. The maximum absolute atomic E-state index is 13.5. The Morgan fingerprint density at radius 1 is 1.32 bits per heavy atom. The van der Waals surface area contributed by atoms with Crippen LogP contribution in [-0.2, 0) is 0 Å². The largest absolute Gasteiger partial charge is 0.350 e. The van der Waals surface area contributed by atoms with Gasteiger partial charge < -0.3 is 15.6 Å². The molecule has 4 nitrogen and oxygen atoms in total. The fourth-order valence-corrected chi connectivity index (χ4v) is 4.13. The van der Waals surface area contributed by atoms with E-state index in [4.69, 9.17) is 5.73 Å². The molecule has 2 fully saturated rings. The first-order valence-corrected chi connectivity index (χ1v) is 7.86. The number of rotatable bonds is 1. The number of aromatic amines is 1. The summed E-state index contributed by atoms with van der Waals surface area (Å²) >= 11 is 0. The maximum atomic E-state index is 13.5. The second-order valence-electron chi connectivity index (χ2n) is 6.74. The molecule has 5 heteroatoms. The number of hydrogen-bond acceptors (Lipinski definition) is 2. The van der Waals surface area contributed by atoms with Crippen LogP contribution in [0.25, 0.3) is 10.9 Å². The summed E-state index contributed by atoms with van der Waals surface area (Å²) in [6, 6.07) is 4.99. The highest BCUT2D eigenvalue weighted by molar-refractivity contribution is 5.99. The zero-order chi connectivity index (χ0) is 15.4. The van der Waals surface area contributed by atoms with E-state index >= 15 is 0 Å². The molecule has 0 radical (unpaired) electrons. The van der Waals surface area contributed by atoms with Crippen LogP contribution in [0, 0.1) is 24.6 Å². The Bertz CT molecular complexity index is 754. The summed E-state index contributed by atoms with van der Waals surface area (Å²) in [5.41, 5.74) is 8.19. The summed E-state index contributed by atoms with van der Waals surface area (Å²) in [4.78, 5) is 17.7. The van der Waals surface area contributed by atoms with Gasteiger partial charge in [0.1, 0.15) is 11.5 Å². The lowest BCUT2D eigenvalue weighted by atomic mass is 9.98. The van der Waals surface area contributed by atoms with E-state index in [1.807, 2.05) is 17.9 Å². The summed E-state index contributed by atoms with van der Waals surface area (Å²) in [5.74, 6) is 0.695. The molecular weight excluding hydrogens is 281 g/mol. The Morgan fingerprint density at radius 3 is 2.91 bits per heavy atom. The normalized spacial score (nSPS) is 27.6. The fraction of sp³-hybridized carbons (Fsp3) is 0.471. The molecule has 4 rings (SSSR count). The minimum absolute atomic E-state index is 0.00221. The Morgan fingerprint density at radius 2 is 2.14 bits per heavy atom. The van der Waals surface area contributed by atoms with Crippen molar-refractivity contribution in [2.45, 2.75) is 25.8 Å². The van der Waals surface area contributed by atoms with Crippen LogP contribution >= 0.6 is 0 Å². The highest BCUT2D eigenvalue weighted by Gasteiger charge is 2.42. The zero-order valence-corrected chi connectivity index (χ0v) is 12.6. The molecule has 1 saturated carbocycles. The second kappa shape index (κ2) is 4.81. The minimum Gasteiger partial charge on any atom is -0.350 e. The number of likely N-dealkylation sites (tertiary alicyclic amines) is 1. The number of hydrogen-bond donors (Lipinski definition) is 2. The Labute approximate surface area is 128 Å². The van der Waals surface area contributed by atoms with Crippen molar-refractivity contribution >= 4 is 16.8 Å². The SMILES string of the molecule is Cc1cc(F)cc2[nH]c(C(=O)N3CC4CCC(N)C4C3)cc12. The number of aromatic nitrogens is 1. The average molecular weight is 301 g/mol. The van der Waals surface area contributed by atoms with E-state index in [0.717, 1.165) is 36.9 Å². The molecule has 3 atom stereocenters. The number of nitrogens with two attached hydrogens (primary N) is 1. The van der Waals surface area contributed by atoms with Gasteiger partial charge in [0.25, 0.3) is 5.91 Å². The monoisotopic (exact) mass is 301 g/mol. The lowest BCUT2D eigenvalue weighted by Gasteiger charge is -2.17. The van der Waals surface area contributed by atoms with Gasteiger partial charge in [-0.15, -0.1) is 0 Å². The third kappa shape index (κ3) is 2.03. The average Bonchev–Trinajstić information content (AvgIpc) is 3.14. The van der Waals surface area contributed by atoms with Gasteiger partial charge in [0.2, 0.25) is 0 Å². The van der Waals surface area contributed by atoms with Crippen LogP contribution in [0.1, 0.15) is 28.9 Å². The summed E-state index contributed by atoms with van der Waals surface area (Å²) < 4.78 is 13.5. The van der Waals surface area contributed by atoms with Crippen LogP contribution in [0.2, 0.25) is 0 Å². The number of nitrogens with zero attached hydrogens (tertiary/aromatic N) is 1.